The SMILES string of the molecule is CC(C)(C)C1=CCC(C(C)(C)C)=C1.CC(C)(C)C1=CCC(C(C)(C)C)=C1.Oc1ccccc1Cl.Oc1ccccc1Cl.[Zr]. The Kier molecular flexibility index (Phi) is 16.6. The number of phenolic OH excluding ortho intramolecular Hbond substituents is 2. The summed E-state index contributed by atoms with van der Waals surface area (Å²) in [6.45, 7) is 27.4. The number of hydrogen-bond acceptors (Lipinski definition) is 2. The molecule has 2 aliphatic rings. The third-order valence-electron chi connectivity index (χ3n) is 7.11. The normalized spacial score (nSPS) is 14.7. The molecule has 0 aromatic heterocycles. The summed E-state index contributed by atoms with van der Waals surface area (Å²) in [7, 11) is 0. The zero-order valence-electron chi connectivity index (χ0n) is 28.5. The van der Waals surface area contributed by atoms with Crippen LogP contribution in [0, 0.1) is 21.7 Å². The number of para-hydroxylation sites is 2. The van der Waals surface area contributed by atoms with Crippen LogP contribution >= 0.6 is 23.2 Å². The van der Waals surface area contributed by atoms with Crippen molar-refractivity contribution < 1.29 is 36.4 Å². The van der Waals surface area contributed by atoms with Gasteiger partial charge in [-0.05, 0) is 69.9 Å². The molecule has 2 aromatic rings. The van der Waals surface area contributed by atoms with Crippen molar-refractivity contribution in [3.8, 4) is 11.5 Å². The first kappa shape index (κ1) is 41.5. The van der Waals surface area contributed by atoms with Gasteiger partial charge in [0, 0.05) is 26.2 Å². The van der Waals surface area contributed by atoms with E-state index in [1.807, 2.05) is 0 Å². The molecule has 2 nitrogen and oxygen atoms in total. The second-order valence-electron chi connectivity index (χ2n) is 15.0. The van der Waals surface area contributed by atoms with Gasteiger partial charge in [0.15, 0.2) is 0 Å². The van der Waals surface area contributed by atoms with Crippen molar-refractivity contribution in [3.63, 3.8) is 0 Å². The van der Waals surface area contributed by atoms with Gasteiger partial charge in [-0.15, -0.1) is 0 Å². The molecule has 0 heterocycles. The van der Waals surface area contributed by atoms with Crippen molar-refractivity contribution in [1.82, 2.24) is 0 Å². The van der Waals surface area contributed by atoms with Crippen LogP contribution in [0.3, 0.4) is 0 Å². The van der Waals surface area contributed by atoms with E-state index in [-0.39, 0.29) is 37.7 Å². The van der Waals surface area contributed by atoms with Gasteiger partial charge in [-0.1, -0.05) is 166 Å². The van der Waals surface area contributed by atoms with E-state index < -0.39 is 0 Å². The molecule has 43 heavy (non-hydrogen) atoms. The van der Waals surface area contributed by atoms with Crippen molar-refractivity contribution >= 4 is 23.2 Å². The fourth-order valence-corrected chi connectivity index (χ4v) is 4.32. The number of hydrogen-bond donors (Lipinski definition) is 2. The van der Waals surface area contributed by atoms with E-state index in [9.17, 15) is 0 Å². The van der Waals surface area contributed by atoms with Crippen LogP contribution in [0.1, 0.15) is 95.9 Å². The average molecular weight is 705 g/mol. The number of halogens is 2. The summed E-state index contributed by atoms with van der Waals surface area (Å²) in [5, 5.41) is 18.4. The number of phenols is 2. The van der Waals surface area contributed by atoms with Crippen LogP contribution in [0.5, 0.6) is 11.5 Å². The molecule has 2 aromatic carbocycles. The molecule has 4 rings (SSSR count). The van der Waals surface area contributed by atoms with Gasteiger partial charge in [0.25, 0.3) is 0 Å². The molecule has 0 fully saturated rings. The van der Waals surface area contributed by atoms with Gasteiger partial charge in [-0.2, -0.15) is 0 Å². The third kappa shape index (κ3) is 15.3. The Labute approximate surface area is 292 Å². The van der Waals surface area contributed by atoms with Crippen LogP contribution in [-0.4, -0.2) is 10.2 Å². The van der Waals surface area contributed by atoms with E-state index in [4.69, 9.17) is 33.4 Å². The maximum Gasteiger partial charge on any atom is 0.134 e. The van der Waals surface area contributed by atoms with Gasteiger partial charge in [-0.3, -0.25) is 0 Å². The van der Waals surface area contributed by atoms with Crippen molar-refractivity contribution in [1.29, 1.82) is 0 Å². The molecule has 0 amide bonds. The summed E-state index contributed by atoms with van der Waals surface area (Å²) in [6.07, 6.45) is 11.8. The number of rotatable bonds is 0. The molecular formula is C38H54Cl2O2Zr. The van der Waals surface area contributed by atoms with Crippen LogP contribution in [0.2, 0.25) is 10.0 Å². The van der Waals surface area contributed by atoms with Crippen LogP contribution in [0.15, 0.2) is 95.1 Å². The molecular weight excluding hydrogens is 651 g/mol. The van der Waals surface area contributed by atoms with Crippen molar-refractivity contribution in [2.75, 3.05) is 0 Å². The zero-order chi connectivity index (χ0) is 32.5. The van der Waals surface area contributed by atoms with E-state index in [0.29, 0.717) is 31.7 Å². The number of aromatic hydroxyl groups is 2. The summed E-state index contributed by atoms with van der Waals surface area (Å²) in [6, 6.07) is 13.3. The summed E-state index contributed by atoms with van der Waals surface area (Å²) >= 11 is 10.9. The molecule has 0 aliphatic heterocycles. The maximum atomic E-state index is 8.79. The Morgan fingerprint density at radius 3 is 0.907 bits per heavy atom. The monoisotopic (exact) mass is 702 g/mol. The van der Waals surface area contributed by atoms with Crippen molar-refractivity contribution in [3.05, 3.63) is 105 Å². The van der Waals surface area contributed by atoms with E-state index in [1.54, 1.807) is 59.7 Å². The molecule has 2 N–H and O–H groups in total. The van der Waals surface area contributed by atoms with Gasteiger partial charge in [0.05, 0.1) is 10.0 Å². The van der Waals surface area contributed by atoms with Crippen molar-refractivity contribution in [2.24, 2.45) is 21.7 Å². The zero-order valence-corrected chi connectivity index (χ0v) is 32.5. The molecule has 5 heteroatoms. The molecule has 236 valence electrons. The smallest absolute Gasteiger partial charge is 0.134 e. The first-order valence-corrected chi connectivity index (χ1v) is 15.5. The topological polar surface area (TPSA) is 40.5 Å². The van der Waals surface area contributed by atoms with E-state index in [0.717, 1.165) is 12.8 Å². The van der Waals surface area contributed by atoms with Crippen LogP contribution in [0.4, 0.5) is 0 Å². The first-order chi connectivity index (χ1) is 19.0. The molecule has 2 aliphatic carbocycles. The van der Waals surface area contributed by atoms with Crippen LogP contribution < -0.4 is 0 Å². The number of benzene rings is 2. The molecule has 0 unspecified atom stereocenters. The maximum absolute atomic E-state index is 8.79. The van der Waals surface area contributed by atoms with Gasteiger partial charge >= 0.3 is 0 Å². The Bertz CT molecular complexity index is 1150. The minimum Gasteiger partial charge on any atom is -0.506 e. The molecule has 0 spiro atoms. The first-order valence-electron chi connectivity index (χ1n) is 14.7. The fourth-order valence-electron chi connectivity index (χ4n) is 4.05. The standard InChI is InChI=1S/2C13H22.2C6H5ClO.Zr/c2*1-12(2,3)10-7-8-11(9-10)13(4,5)6;2*7-5-3-1-2-4-6(5)8;/h2*7,9H,8H2,1-6H3;2*1-4,8H;. The van der Waals surface area contributed by atoms with E-state index in [1.165, 1.54) is 11.1 Å². The quantitative estimate of drug-likeness (QED) is 0.287. The molecule has 0 saturated heterocycles. The number of allylic oxidation sites excluding steroid dienone is 8. The second kappa shape index (κ2) is 17.2. The van der Waals surface area contributed by atoms with Crippen molar-refractivity contribution in [2.45, 2.75) is 95.9 Å². The van der Waals surface area contributed by atoms with Crippen LogP contribution in [0.25, 0.3) is 0 Å². The van der Waals surface area contributed by atoms with Gasteiger partial charge in [0.1, 0.15) is 11.5 Å². The summed E-state index contributed by atoms with van der Waals surface area (Å²) in [4.78, 5) is 0. The Morgan fingerprint density at radius 1 is 0.488 bits per heavy atom. The largest absolute Gasteiger partial charge is 0.506 e. The molecule has 0 atom stereocenters. The Balaban J connectivity index is 0.000000556. The Morgan fingerprint density at radius 2 is 0.767 bits per heavy atom. The Hall–Kier alpha value is -1.54. The molecule has 0 radical (unpaired) electrons. The van der Waals surface area contributed by atoms with E-state index in [2.05, 4.69) is 107 Å². The van der Waals surface area contributed by atoms with Crippen LogP contribution in [-0.2, 0) is 26.2 Å². The molecule has 0 saturated carbocycles. The van der Waals surface area contributed by atoms with Gasteiger partial charge in [-0.25, -0.2) is 0 Å². The summed E-state index contributed by atoms with van der Waals surface area (Å²) < 4.78 is 0. The second-order valence-corrected chi connectivity index (χ2v) is 15.8. The molecule has 0 bridgehead atoms. The average Bonchev–Trinajstić information content (AvgIpc) is 3.54. The predicted octanol–water partition coefficient (Wildman–Crippen LogP) is 12.8. The summed E-state index contributed by atoms with van der Waals surface area (Å²) in [5.41, 5.74) is 7.43. The predicted molar refractivity (Wildman–Crippen MR) is 186 cm³/mol. The minimum atomic E-state index is 0. The van der Waals surface area contributed by atoms with Gasteiger partial charge < -0.3 is 10.2 Å². The van der Waals surface area contributed by atoms with E-state index >= 15 is 0 Å². The third-order valence-corrected chi connectivity index (χ3v) is 7.75. The van der Waals surface area contributed by atoms with Gasteiger partial charge in [0.2, 0.25) is 0 Å². The fraction of sp³-hybridized carbons (Fsp3) is 0.474. The summed E-state index contributed by atoms with van der Waals surface area (Å²) in [5.74, 6) is 0.267. The minimum absolute atomic E-state index is 0.